The topological polar surface area (TPSA) is 103 Å². The maximum atomic E-state index is 12.1. The number of amides is 3. The van der Waals surface area contributed by atoms with Gasteiger partial charge in [0.1, 0.15) is 18.8 Å². The smallest absolute Gasteiger partial charge is 0.324 e. The molecule has 130 valence electrons. The molecule has 0 aromatic rings. The third kappa shape index (κ3) is 3.98. The molecule has 1 N–H and O–H groups in total. The summed E-state index contributed by atoms with van der Waals surface area (Å²) in [6, 6.07) is -1.21. The average Bonchev–Trinajstić information content (AvgIpc) is 2.88. The number of nitrogens with one attached hydrogen (secondary N) is 1. The van der Waals surface area contributed by atoms with Gasteiger partial charge in [-0.3, -0.25) is 14.5 Å². The van der Waals surface area contributed by atoms with Crippen LogP contribution in [0.4, 0.5) is 4.79 Å². The summed E-state index contributed by atoms with van der Waals surface area (Å²) in [5, 5.41) is 2.69. The van der Waals surface area contributed by atoms with Crippen LogP contribution < -0.4 is 5.32 Å². The van der Waals surface area contributed by atoms with Crippen molar-refractivity contribution in [3.8, 4) is 0 Å². The molecule has 23 heavy (non-hydrogen) atoms. The van der Waals surface area contributed by atoms with Gasteiger partial charge < -0.3 is 24.3 Å². The fourth-order valence-electron chi connectivity index (χ4n) is 2.47. The highest BCUT2D eigenvalue weighted by atomic mass is 16.8. The van der Waals surface area contributed by atoms with E-state index >= 15 is 0 Å². The first-order valence-electron chi connectivity index (χ1n) is 7.30. The second-order valence-electron chi connectivity index (χ2n) is 6.00. The number of hydrogen-bond donors (Lipinski definition) is 1. The van der Waals surface area contributed by atoms with E-state index in [2.05, 4.69) is 5.32 Å². The molecule has 2 fully saturated rings. The predicted molar refractivity (Wildman–Crippen MR) is 76.1 cm³/mol. The van der Waals surface area contributed by atoms with Crippen molar-refractivity contribution in [1.29, 1.82) is 0 Å². The van der Waals surface area contributed by atoms with Gasteiger partial charge in [-0.15, -0.1) is 0 Å². The van der Waals surface area contributed by atoms with Crippen LogP contribution in [0.1, 0.15) is 27.7 Å². The molecule has 0 aromatic heterocycles. The van der Waals surface area contributed by atoms with Gasteiger partial charge in [0.2, 0.25) is 5.91 Å². The third-order valence-corrected chi connectivity index (χ3v) is 3.67. The normalized spacial score (nSPS) is 31.3. The van der Waals surface area contributed by atoms with Crippen LogP contribution in [0.2, 0.25) is 0 Å². The Bertz CT molecular complexity index is 507. The van der Waals surface area contributed by atoms with Gasteiger partial charge in [-0.25, -0.2) is 4.79 Å². The molecule has 9 nitrogen and oxygen atoms in total. The van der Waals surface area contributed by atoms with Gasteiger partial charge in [-0.2, -0.15) is 0 Å². The number of carbonyl (C=O) groups excluding carboxylic acids is 3. The molecule has 4 atom stereocenters. The van der Waals surface area contributed by atoms with Crippen LogP contribution in [0.15, 0.2) is 0 Å². The Morgan fingerprint density at radius 2 is 1.87 bits per heavy atom. The monoisotopic (exact) mass is 330 g/mol. The van der Waals surface area contributed by atoms with Crippen LogP contribution in [-0.2, 0) is 28.5 Å². The fraction of sp³-hybridized carbons (Fsp3) is 0.786. The highest BCUT2D eigenvalue weighted by molar-refractivity contribution is 5.93. The van der Waals surface area contributed by atoms with Gasteiger partial charge in [0.25, 0.3) is 0 Å². The number of ether oxygens (including phenoxy) is 4. The van der Waals surface area contributed by atoms with E-state index in [1.807, 2.05) is 0 Å². The van der Waals surface area contributed by atoms with Crippen molar-refractivity contribution < 1.29 is 33.3 Å². The molecule has 0 aromatic carbocycles. The zero-order valence-electron chi connectivity index (χ0n) is 13.8. The first-order valence-corrected chi connectivity index (χ1v) is 7.30. The molecule has 2 aliphatic heterocycles. The highest BCUT2D eigenvalue weighted by Gasteiger charge is 2.55. The summed E-state index contributed by atoms with van der Waals surface area (Å²) in [6.45, 7) is 5.97. The number of imide groups is 1. The van der Waals surface area contributed by atoms with Crippen molar-refractivity contribution in [2.75, 3.05) is 13.7 Å². The number of fused-ring (bicyclic) bond motifs is 1. The van der Waals surface area contributed by atoms with Gasteiger partial charge >= 0.3 is 12.0 Å². The van der Waals surface area contributed by atoms with E-state index in [4.69, 9.17) is 18.9 Å². The van der Waals surface area contributed by atoms with Crippen LogP contribution in [0.25, 0.3) is 0 Å². The summed E-state index contributed by atoms with van der Waals surface area (Å²) in [6.07, 6.45) is -1.87. The van der Waals surface area contributed by atoms with Crippen molar-refractivity contribution in [2.45, 2.75) is 58.0 Å². The summed E-state index contributed by atoms with van der Waals surface area (Å²) in [5.74, 6) is -1.71. The summed E-state index contributed by atoms with van der Waals surface area (Å²) in [5.41, 5.74) is 0. The number of nitrogens with zero attached hydrogens (tertiary/aromatic N) is 1. The molecule has 3 amide bonds. The summed E-state index contributed by atoms with van der Waals surface area (Å²) >= 11 is 0. The lowest BCUT2D eigenvalue weighted by Gasteiger charge is -2.27. The van der Waals surface area contributed by atoms with E-state index in [9.17, 15) is 14.4 Å². The van der Waals surface area contributed by atoms with Gasteiger partial charge in [-0.1, -0.05) is 0 Å². The Kier molecular flexibility index (Phi) is 4.92. The minimum Gasteiger partial charge on any atom is -0.463 e. The van der Waals surface area contributed by atoms with Crippen molar-refractivity contribution in [1.82, 2.24) is 10.2 Å². The quantitative estimate of drug-likeness (QED) is 0.725. The second kappa shape index (κ2) is 6.42. The zero-order chi connectivity index (χ0) is 17.4. The van der Waals surface area contributed by atoms with E-state index < -0.39 is 48.2 Å². The largest absolute Gasteiger partial charge is 0.463 e. The van der Waals surface area contributed by atoms with E-state index in [0.29, 0.717) is 0 Å². The zero-order valence-corrected chi connectivity index (χ0v) is 13.8. The summed E-state index contributed by atoms with van der Waals surface area (Å²) in [7, 11) is 1.36. The lowest BCUT2D eigenvalue weighted by Crippen LogP contribution is -2.53. The van der Waals surface area contributed by atoms with Crippen molar-refractivity contribution in [2.24, 2.45) is 0 Å². The van der Waals surface area contributed by atoms with Crippen LogP contribution >= 0.6 is 0 Å². The Hall–Kier alpha value is -1.71. The lowest BCUT2D eigenvalue weighted by atomic mass is 10.1. The maximum Gasteiger partial charge on any atom is 0.324 e. The molecule has 4 unspecified atom stereocenters. The minimum absolute atomic E-state index is 0.0514. The first-order chi connectivity index (χ1) is 10.6. The van der Waals surface area contributed by atoms with Gasteiger partial charge in [0, 0.05) is 20.9 Å². The molecular formula is C14H22N2O7. The molecule has 0 saturated carbocycles. The number of urea groups is 1. The maximum absolute atomic E-state index is 12.1. The molecular weight excluding hydrogens is 308 g/mol. The molecule has 2 heterocycles. The standard InChI is InChI=1S/C14H22N2O7/c1-7(17)16(5)13(19)15-10-9(6-20-8(2)18)21-12-11(10)22-14(3,4)23-12/h9-12H,6H2,1-5H3,(H,15,19). The second-order valence-corrected chi connectivity index (χ2v) is 6.00. The molecule has 0 bridgehead atoms. The SMILES string of the molecule is CC(=O)OCC1OC2OC(C)(C)OC2C1NC(=O)N(C)C(C)=O. The Labute approximate surface area is 134 Å². The van der Waals surface area contributed by atoms with Crippen LogP contribution in [0.5, 0.6) is 0 Å². The number of rotatable bonds is 3. The molecule has 2 saturated heterocycles. The highest BCUT2D eigenvalue weighted by Crippen LogP contribution is 2.37. The Morgan fingerprint density at radius 3 is 2.43 bits per heavy atom. The molecule has 0 aliphatic carbocycles. The predicted octanol–water partition coefficient (Wildman–Crippen LogP) is -0.0176. The first kappa shape index (κ1) is 17.6. The van der Waals surface area contributed by atoms with Gasteiger partial charge in [0.05, 0.1) is 6.04 Å². The fourth-order valence-corrected chi connectivity index (χ4v) is 2.47. The number of carbonyl (C=O) groups is 3. The molecule has 2 aliphatic rings. The van der Waals surface area contributed by atoms with E-state index in [1.165, 1.54) is 20.9 Å². The molecule has 2 rings (SSSR count). The number of esters is 1. The van der Waals surface area contributed by atoms with Crippen LogP contribution in [-0.4, -0.2) is 66.8 Å². The van der Waals surface area contributed by atoms with E-state index in [-0.39, 0.29) is 6.61 Å². The molecule has 0 radical (unpaired) electrons. The third-order valence-electron chi connectivity index (χ3n) is 3.67. The Morgan fingerprint density at radius 1 is 1.22 bits per heavy atom. The number of hydrogen-bond acceptors (Lipinski definition) is 7. The van der Waals surface area contributed by atoms with Gasteiger partial charge in [-0.05, 0) is 13.8 Å². The van der Waals surface area contributed by atoms with Crippen molar-refractivity contribution >= 4 is 17.9 Å². The Balaban J connectivity index is 2.10. The summed E-state index contributed by atoms with van der Waals surface area (Å²) < 4.78 is 22.0. The van der Waals surface area contributed by atoms with Crippen LogP contribution in [0, 0.1) is 0 Å². The van der Waals surface area contributed by atoms with E-state index in [0.717, 1.165) is 4.90 Å². The molecule has 0 spiro atoms. The van der Waals surface area contributed by atoms with Crippen molar-refractivity contribution in [3.05, 3.63) is 0 Å². The lowest BCUT2D eigenvalue weighted by molar-refractivity contribution is -0.212. The van der Waals surface area contributed by atoms with E-state index in [1.54, 1.807) is 13.8 Å². The van der Waals surface area contributed by atoms with Crippen molar-refractivity contribution in [3.63, 3.8) is 0 Å². The van der Waals surface area contributed by atoms with Gasteiger partial charge in [0.15, 0.2) is 12.1 Å². The minimum atomic E-state index is -0.850. The average molecular weight is 330 g/mol. The van der Waals surface area contributed by atoms with Crippen LogP contribution in [0.3, 0.4) is 0 Å². The molecule has 9 heteroatoms. The summed E-state index contributed by atoms with van der Waals surface area (Å²) in [4.78, 5) is 35.3.